The highest BCUT2D eigenvalue weighted by molar-refractivity contribution is 9.09. The minimum atomic E-state index is -4.75. The third-order valence-electron chi connectivity index (χ3n) is 3.75. The standard InChI is InChI=1S/C17H19Br2F3N2O5/c18-5-7-24(8-6-19)13-3-1-10(9-11(13)17(20,21)22)15(27)29-16(28)12(23)2-4-14(25)26/h1,3,9,12H,2,4-8,23H2,(H,25,26)/t12-/m0/s1. The van der Waals surface area contributed by atoms with E-state index in [2.05, 4.69) is 36.6 Å². The monoisotopic (exact) mass is 546 g/mol. The van der Waals surface area contributed by atoms with Crippen molar-refractivity contribution >= 4 is 55.5 Å². The van der Waals surface area contributed by atoms with E-state index >= 15 is 0 Å². The van der Waals surface area contributed by atoms with Gasteiger partial charge in [-0.1, -0.05) is 31.9 Å². The summed E-state index contributed by atoms with van der Waals surface area (Å²) < 4.78 is 45.2. The van der Waals surface area contributed by atoms with Crippen LogP contribution in [-0.4, -0.2) is 52.8 Å². The summed E-state index contributed by atoms with van der Waals surface area (Å²) in [4.78, 5) is 35.8. The number of alkyl halides is 5. The third-order valence-corrected chi connectivity index (χ3v) is 4.46. The number of halogens is 5. The molecule has 0 aromatic heterocycles. The van der Waals surface area contributed by atoms with Crippen LogP contribution < -0.4 is 10.6 Å². The number of carbonyl (C=O) groups is 3. The molecule has 0 aliphatic heterocycles. The van der Waals surface area contributed by atoms with Gasteiger partial charge in [-0.2, -0.15) is 13.2 Å². The summed E-state index contributed by atoms with van der Waals surface area (Å²) in [6.45, 7) is 0.602. The molecule has 0 saturated carbocycles. The third kappa shape index (κ3) is 7.94. The Bertz CT molecular complexity index is 740. The molecule has 162 valence electrons. The van der Waals surface area contributed by atoms with Crippen molar-refractivity contribution in [3.8, 4) is 0 Å². The second-order valence-corrected chi connectivity index (χ2v) is 7.43. The van der Waals surface area contributed by atoms with Gasteiger partial charge in [-0.05, 0) is 24.6 Å². The fourth-order valence-corrected chi connectivity index (χ4v) is 3.20. The molecule has 0 aliphatic rings. The van der Waals surface area contributed by atoms with Crippen LogP contribution in [0.1, 0.15) is 28.8 Å². The van der Waals surface area contributed by atoms with Crippen LogP contribution in [0.25, 0.3) is 0 Å². The Kier molecular flexibility index (Phi) is 10.1. The van der Waals surface area contributed by atoms with Crippen LogP contribution in [0.3, 0.4) is 0 Å². The van der Waals surface area contributed by atoms with Gasteiger partial charge < -0.3 is 20.5 Å². The topological polar surface area (TPSA) is 110 Å². The summed E-state index contributed by atoms with van der Waals surface area (Å²) in [7, 11) is 0. The summed E-state index contributed by atoms with van der Waals surface area (Å²) in [5, 5.41) is 9.44. The van der Waals surface area contributed by atoms with Gasteiger partial charge in [0.15, 0.2) is 0 Å². The maximum absolute atomic E-state index is 13.6. The second kappa shape index (κ2) is 11.5. The highest BCUT2D eigenvalue weighted by atomic mass is 79.9. The fraction of sp³-hybridized carbons (Fsp3) is 0.471. The maximum Gasteiger partial charge on any atom is 0.418 e. The summed E-state index contributed by atoms with van der Waals surface area (Å²) in [6.07, 6.45) is -5.44. The van der Waals surface area contributed by atoms with E-state index in [9.17, 15) is 27.6 Å². The van der Waals surface area contributed by atoms with Crippen LogP contribution in [0.2, 0.25) is 0 Å². The number of esters is 2. The number of anilines is 1. The van der Waals surface area contributed by atoms with E-state index in [4.69, 9.17) is 10.8 Å². The Morgan fingerprint density at radius 2 is 1.76 bits per heavy atom. The zero-order valence-corrected chi connectivity index (χ0v) is 18.2. The van der Waals surface area contributed by atoms with E-state index < -0.39 is 47.7 Å². The molecule has 7 nitrogen and oxygen atoms in total. The Morgan fingerprint density at radius 1 is 1.17 bits per heavy atom. The molecule has 3 N–H and O–H groups in total. The van der Waals surface area contributed by atoms with Crippen molar-refractivity contribution < 1.29 is 37.4 Å². The predicted molar refractivity (Wildman–Crippen MR) is 107 cm³/mol. The summed E-state index contributed by atoms with van der Waals surface area (Å²) in [5.41, 5.74) is 3.80. The molecule has 0 aliphatic carbocycles. The van der Waals surface area contributed by atoms with Gasteiger partial charge in [0.05, 0.1) is 11.1 Å². The molecular weight excluding hydrogens is 529 g/mol. The first-order valence-electron chi connectivity index (χ1n) is 8.32. The van der Waals surface area contributed by atoms with Crippen LogP contribution in [0.5, 0.6) is 0 Å². The maximum atomic E-state index is 13.6. The summed E-state index contributed by atoms with van der Waals surface area (Å²) in [5.74, 6) is -3.71. The molecule has 1 atom stereocenters. The quantitative estimate of drug-likeness (QED) is 0.263. The minimum absolute atomic E-state index is 0.113. The zero-order chi connectivity index (χ0) is 22.2. The SMILES string of the molecule is N[C@@H](CCC(=O)O)C(=O)OC(=O)c1ccc(N(CCBr)CCBr)c(C(F)(F)F)c1. The first-order chi connectivity index (χ1) is 13.5. The summed E-state index contributed by atoms with van der Waals surface area (Å²) in [6, 6.07) is 1.49. The van der Waals surface area contributed by atoms with E-state index in [1.54, 1.807) is 0 Å². The number of carboxylic acids is 1. The second-order valence-electron chi connectivity index (χ2n) is 5.84. The number of nitrogens with zero attached hydrogens (tertiary/aromatic N) is 1. The smallest absolute Gasteiger partial charge is 0.418 e. The van der Waals surface area contributed by atoms with Gasteiger partial charge in [0.1, 0.15) is 6.04 Å². The number of carboxylic acid groups (broad SMARTS) is 1. The highest BCUT2D eigenvalue weighted by Crippen LogP contribution is 2.37. The molecule has 0 saturated heterocycles. The minimum Gasteiger partial charge on any atom is -0.481 e. The molecule has 1 rings (SSSR count). The Balaban J connectivity index is 3.09. The van der Waals surface area contributed by atoms with E-state index in [1.165, 1.54) is 4.90 Å². The van der Waals surface area contributed by atoms with Gasteiger partial charge in [-0.25, -0.2) is 9.59 Å². The Labute approximate surface area is 181 Å². The molecule has 12 heteroatoms. The lowest BCUT2D eigenvalue weighted by Crippen LogP contribution is -2.34. The predicted octanol–water partition coefficient (Wildman–Crippen LogP) is 3.18. The van der Waals surface area contributed by atoms with Crippen LogP contribution >= 0.6 is 31.9 Å². The number of ether oxygens (including phenoxy) is 1. The van der Waals surface area contributed by atoms with E-state index in [0.29, 0.717) is 29.8 Å². The van der Waals surface area contributed by atoms with Gasteiger partial charge in [-0.3, -0.25) is 4.79 Å². The zero-order valence-electron chi connectivity index (χ0n) is 15.0. The fourth-order valence-electron chi connectivity index (χ4n) is 2.35. The van der Waals surface area contributed by atoms with E-state index in [-0.39, 0.29) is 12.1 Å². The molecular formula is C17H19Br2F3N2O5. The molecule has 0 heterocycles. The Morgan fingerprint density at radius 3 is 2.24 bits per heavy atom. The summed E-state index contributed by atoms with van der Waals surface area (Å²) >= 11 is 6.39. The van der Waals surface area contributed by atoms with Crippen LogP contribution in [0.4, 0.5) is 18.9 Å². The molecule has 0 unspecified atom stereocenters. The lowest BCUT2D eigenvalue weighted by Gasteiger charge is -2.27. The van der Waals surface area contributed by atoms with Crippen molar-refractivity contribution in [1.29, 1.82) is 0 Å². The van der Waals surface area contributed by atoms with Crippen molar-refractivity contribution in [2.75, 3.05) is 28.6 Å². The van der Waals surface area contributed by atoms with E-state index in [1.807, 2.05) is 0 Å². The molecule has 1 aromatic rings. The van der Waals surface area contributed by atoms with Crippen molar-refractivity contribution in [3.63, 3.8) is 0 Å². The number of hydrogen-bond acceptors (Lipinski definition) is 6. The van der Waals surface area contributed by atoms with Crippen molar-refractivity contribution in [2.24, 2.45) is 5.73 Å². The normalized spacial score (nSPS) is 12.3. The van der Waals surface area contributed by atoms with Crippen molar-refractivity contribution in [3.05, 3.63) is 29.3 Å². The van der Waals surface area contributed by atoms with Crippen LogP contribution in [0, 0.1) is 0 Å². The Hall–Kier alpha value is -1.66. The molecule has 29 heavy (non-hydrogen) atoms. The molecule has 0 spiro atoms. The lowest BCUT2D eigenvalue weighted by atomic mass is 10.1. The first kappa shape index (κ1) is 25.4. The molecule has 0 bridgehead atoms. The first-order valence-corrected chi connectivity index (χ1v) is 10.6. The number of rotatable bonds is 10. The van der Waals surface area contributed by atoms with Gasteiger partial charge in [0, 0.05) is 35.9 Å². The molecule has 0 fully saturated rings. The lowest BCUT2D eigenvalue weighted by molar-refractivity contribution is -0.140. The average Bonchev–Trinajstić information content (AvgIpc) is 2.64. The van der Waals surface area contributed by atoms with Gasteiger partial charge in [0.25, 0.3) is 0 Å². The highest BCUT2D eigenvalue weighted by Gasteiger charge is 2.36. The van der Waals surface area contributed by atoms with Crippen molar-refractivity contribution in [1.82, 2.24) is 0 Å². The molecule has 0 radical (unpaired) electrons. The number of carbonyl (C=O) groups excluding carboxylic acids is 2. The number of nitrogens with two attached hydrogens (primary N) is 1. The van der Waals surface area contributed by atoms with Crippen molar-refractivity contribution in [2.45, 2.75) is 25.1 Å². The number of aliphatic carboxylic acids is 1. The molecule has 0 amide bonds. The number of hydrogen-bond donors (Lipinski definition) is 2. The van der Waals surface area contributed by atoms with Gasteiger partial charge >= 0.3 is 24.1 Å². The van der Waals surface area contributed by atoms with Gasteiger partial charge in [-0.15, -0.1) is 0 Å². The van der Waals surface area contributed by atoms with E-state index in [0.717, 1.165) is 12.1 Å². The molecule has 1 aromatic carbocycles. The van der Waals surface area contributed by atoms with Crippen LogP contribution in [-0.2, 0) is 20.5 Å². The largest absolute Gasteiger partial charge is 0.481 e. The van der Waals surface area contributed by atoms with Crippen LogP contribution in [0.15, 0.2) is 18.2 Å². The number of benzene rings is 1. The van der Waals surface area contributed by atoms with Gasteiger partial charge in [0.2, 0.25) is 0 Å². The average molecular weight is 548 g/mol.